The average Bonchev–Trinajstić information content (AvgIpc) is 2.38. The van der Waals surface area contributed by atoms with Gasteiger partial charge in [-0.05, 0) is 38.1 Å². The first-order chi connectivity index (χ1) is 8.59. The van der Waals surface area contributed by atoms with Crippen molar-refractivity contribution >= 4 is 0 Å². The fraction of sp³-hybridized carbons (Fsp3) is 0.467. The molecule has 0 unspecified atom stereocenters. The van der Waals surface area contributed by atoms with E-state index in [0.717, 1.165) is 11.3 Å². The summed E-state index contributed by atoms with van der Waals surface area (Å²) in [6.07, 6.45) is 5.29. The van der Waals surface area contributed by atoms with Gasteiger partial charge < -0.3 is 14.2 Å². The molecule has 1 heterocycles. The van der Waals surface area contributed by atoms with E-state index in [1.54, 1.807) is 0 Å². The molecule has 1 aromatic carbocycles. The predicted molar refractivity (Wildman–Crippen MR) is 69.3 cm³/mol. The maximum Gasteiger partial charge on any atom is 0.162 e. The lowest BCUT2D eigenvalue weighted by Gasteiger charge is -2.34. The molecule has 3 nitrogen and oxygen atoms in total. The van der Waals surface area contributed by atoms with Gasteiger partial charge in [-0.3, -0.25) is 0 Å². The topological polar surface area (TPSA) is 27.7 Å². The smallest absolute Gasteiger partial charge is 0.162 e. The van der Waals surface area contributed by atoms with E-state index in [2.05, 4.69) is 5.92 Å². The summed E-state index contributed by atoms with van der Waals surface area (Å²) < 4.78 is 16.8. The molecule has 1 aromatic rings. The highest BCUT2D eigenvalue weighted by molar-refractivity contribution is 5.36. The summed E-state index contributed by atoms with van der Waals surface area (Å²) >= 11 is 0. The van der Waals surface area contributed by atoms with E-state index in [4.69, 9.17) is 20.6 Å². The second kappa shape index (κ2) is 5.43. The van der Waals surface area contributed by atoms with Gasteiger partial charge in [0.1, 0.15) is 5.75 Å². The lowest BCUT2D eigenvalue weighted by Crippen LogP contribution is -2.41. The Balaban J connectivity index is 1.80. The summed E-state index contributed by atoms with van der Waals surface area (Å²) in [4.78, 5) is 0. The molecular formula is C15H18O3. The molecule has 0 amide bonds. The third-order valence-corrected chi connectivity index (χ3v) is 2.84. The molecule has 0 aliphatic carbocycles. The summed E-state index contributed by atoms with van der Waals surface area (Å²) in [5.41, 5.74) is 0.855. The van der Waals surface area contributed by atoms with Crippen molar-refractivity contribution in [3.8, 4) is 18.1 Å². The van der Waals surface area contributed by atoms with E-state index in [1.807, 2.05) is 38.1 Å². The van der Waals surface area contributed by atoms with Crippen LogP contribution in [0.5, 0.6) is 5.75 Å². The lowest BCUT2D eigenvalue weighted by atomic mass is 10.1. The van der Waals surface area contributed by atoms with Crippen LogP contribution in [0.1, 0.15) is 19.4 Å². The van der Waals surface area contributed by atoms with Crippen LogP contribution in [0.25, 0.3) is 0 Å². The molecule has 0 N–H and O–H groups in total. The van der Waals surface area contributed by atoms with E-state index in [1.165, 1.54) is 0 Å². The minimum atomic E-state index is -0.467. The quantitative estimate of drug-likeness (QED) is 0.767. The largest absolute Gasteiger partial charge is 0.493 e. The normalized spacial score (nSPS) is 19.2. The molecule has 18 heavy (non-hydrogen) atoms. The van der Waals surface area contributed by atoms with Crippen molar-refractivity contribution in [3.63, 3.8) is 0 Å². The first kappa shape index (κ1) is 12.9. The zero-order valence-electron chi connectivity index (χ0n) is 10.8. The molecule has 2 rings (SSSR count). The SMILES string of the molecule is C#Cc1ccc(OCC2COC(C)(C)OC2)cc1. The van der Waals surface area contributed by atoms with Crippen LogP contribution in [0.3, 0.4) is 0 Å². The first-order valence-corrected chi connectivity index (χ1v) is 6.06. The molecule has 0 aromatic heterocycles. The van der Waals surface area contributed by atoms with Gasteiger partial charge in [0.05, 0.1) is 19.8 Å². The molecule has 0 saturated carbocycles. The third-order valence-electron chi connectivity index (χ3n) is 2.84. The van der Waals surface area contributed by atoms with Crippen molar-refractivity contribution in [2.45, 2.75) is 19.6 Å². The van der Waals surface area contributed by atoms with Crippen LogP contribution in [0, 0.1) is 18.3 Å². The summed E-state index contributed by atoms with van der Waals surface area (Å²) in [7, 11) is 0. The molecule has 3 heteroatoms. The zero-order chi connectivity index (χ0) is 13.0. The highest BCUT2D eigenvalue weighted by atomic mass is 16.7. The summed E-state index contributed by atoms with van der Waals surface area (Å²) in [6.45, 7) is 5.75. The summed E-state index contributed by atoms with van der Waals surface area (Å²) in [5.74, 6) is 3.19. The van der Waals surface area contributed by atoms with Gasteiger partial charge in [0, 0.05) is 11.5 Å². The number of rotatable bonds is 3. The van der Waals surface area contributed by atoms with Crippen LogP contribution in [-0.4, -0.2) is 25.6 Å². The maximum absolute atomic E-state index is 5.68. The van der Waals surface area contributed by atoms with Crippen LogP contribution in [0.4, 0.5) is 0 Å². The van der Waals surface area contributed by atoms with Crippen molar-refractivity contribution in [1.29, 1.82) is 0 Å². The van der Waals surface area contributed by atoms with E-state index in [0.29, 0.717) is 19.8 Å². The molecule has 1 aliphatic heterocycles. The van der Waals surface area contributed by atoms with Gasteiger partial charge in [-0.2, -0.15) is 0 Å². The van der Waals surface area contributed by atoms with Gasteiger partial charge in [-0.25, -0.2) is 0 Å². The second-order valence-electron chi connectivity index (χ2n) is 4.87. The van der Waals surface area contributed by atoms with E-state index in [9.17, 15) is 0 Å². The fourth-order valence-electron chi connectivity index (χ4n) is 1.68. The van der Waals surface area contributed by atoms with Crippen LogP contribution >= 0.6 is 0 Å². The average molecular weight is 246 g/mol. The Morgan fingerprint density at radius 3 is 2.44 bits per heavy atom. The Bertz CT molecular complexity index is 418. The zero-order valence-corrected chi connectivity index (χ0v) is 10.8. The number of ether oxygens (including phenoxy) is 3. The van der Waals surface area contributed by atoms with Crippen molar-refractivity contribution < 1.29 is 14.2 Å². The molecule has 0 radical (unpaired) electrons. The van der Waals surface area contributed by atoms with Crippen LogP contribution in [0.2, 0.25) is 0 Å². The minimum Gasteiger partial charge on any atom is -0.493 e. The highest BCUT2D eigenvalue weighted by Crippen LogP contribution is 2.21. The molecule has 96 valence electrons. The van der Waals surface area contributed by atoms with Gasteiger partial charge in [0.25, 0.3) is 0 Å². The third kappa shape index (κ3) is 3.49. The number of benzene rings is 1. The standard InChI is InChI=1S/C15H18O3/c1-4-12-5-7-14(8-6-12)16-9-13-10-17-15(2,3)18-11-13/h1,5-8,13H,9-11H2,2-3H3. The number of hydrogen-bond acceptors (Lipinski definition) is 3. The van der Waals surface area contributed by atoms with E-state index in [-0.39, 0.29) is 5.92 Å². The van der Waals surface area contributed by atoms with Gasteiger partial charge in [-0.15, -0.1) is 6.42 Å². The highest BCUT2D eigenvalue weighted by Gasteiger charge is 2.28. The van der Waals surface area contributed by atoms with Gasteiger partial charge >= 0.3 is 0 Å². The maximum atomic E-state index is 5.68. The molecule has 0 spiro atoms. The molecule has 0 bridgehead atoms. The van der Waals surface area contributed by atoms with Crippen LogP contribution in [0.15, 0.2) is 24.3 Å². The van der Waals surface area contributed by atoms with Crippen LogP contribution < -0.4 is 4.74 Å². The second-order valence-corrected chi connectivity index (χ2v) is 4.87. The van der Waals surface area contributed by atoms with Gasteiger partial charge in [-0.1, -0.05) is 5.92 Å². The van der Waals surface area contributed by atoms with Crippen LogP contribution in [-0.2, 0) is 9.47 Å². The fourth-order valence-corrected chi connectivity index (χ4v) is 1.68. The molecule has 1 fully saturated rings. The molecule has 1 saturated heterocycles. The minimum absolute atomic E-state index is 0.269. The monoisotopic (exact) mass is 246 g/mol. The van der Waals surface area contributed by atoms with Gasteiger partial charge in [0.15, 0.2) is 5.79 Å². The van der Waals surface area contributed by atoms with Crippen molar-refractivity contribution in [2.75, 3.05) is 19.8 Å². The lowest BCUT2D eigenvalue weighted by molar-refractivity contribution is -0.264. The Labute approximate surface area is 108 Å². The summed E-state index contributed by atoms with van der Waals surface area (Å²) in [5, 5.41) is 0. The molecule has 0 atom stereocenters. The number of terminal acetylenes is 1. The van der Waals surface area contributed by atoms with Gasteiger partial charge in [0.2, 0.25) is 0 Å². The molecular weight excluding hydrogens is 228 g/mol. The Hall–Kier alpha value is -1.50. The molecule has 1 aliphatic rings. The number of hydrogen-bond donors (Lipinski definition) is 0. The Morgan fingerprint density at radius 1 is 1.28 bits per heavy atom. The Kier molecular flexibility index (Phi) is 3.90. The van der Waals surface area contributed by atoms with E-state index >= 15 is 0 Å². The Morgan fingerprint density at radius 2 is 1.89 bits per heavy atom. The van der Waals surface area contributed by atoms with Crippen molar-refractivity contribution in [1.82, 2.24) is 0 Å². The van der Waals surface area contributed by atoms with Crippen molar-refractivity contribution in [3.05, 3.63) is 29.8 Å². The van der Waals surface area contributed by atoms with Crippen molar-refractivity contribution in [2.24, 2.45) is 5.92 Å². The first-order valence-electron chi connectivity index (χ1n) is 6.06. The summed E-state index contributed by atoms with van der Waals surface area (Å²) in [6, 6.07) is 7.49. The van der Waals surface area contributed by atoms with E-state index < -0.39 is 5.79 Å². The predicted octanol–water partition coefficient (Wildman–Crippen LogP) is 2.45.